The number of likely N-dealkylation sites (tertiary alicyclic amines) is 1. The van der Waals surface area contributed by atoms with E-state index in [-0.39, 0.29) is 35.6 Å². The Morgan fingerprint density at radius 2 is 2.03 bits per heavy atom. The molecule has 13 nitrogen and oxygen atoms in total. The summed E-state index contributed by atoms with van der Waals surface area (Å²) >= 11 is 3.48. The van der Waals surface area contributed by atoms with Crippen LogP contribution in [0.25, 0.3) is 5.65 Å². The number of unbranched alkanes of at least 4 members (excludes halogenated alkanes) is 1. The van der Waals surface area contributed by atoms with E-state index in [1.807, 2.05) is 22.7 Å². The van der Waals surface area contributed by atoms with E-state index in [0.717, 1.165) is 3.57 Å². The first kappa shape index (κ1) is 28.7. The van der Waals surface area contributed by atoms with Crippen LogP contribution in [0, 0.1) is 8.98 Å². The number of rotatable bonds is 10. The predicted octanol–water partition coefficient (Wildman–Crippen LogP) is 0.808. The van der Waals surface area contributed by atoms with E-state index >= 15 is 0 Å². The third kappa shape index (κ3) is 7.02. The number of halogens is 1. The maximum absolute atomic E-state index is 13.4. The number of thiazole rings is 1. The Kier molecular flexibility index (Phi) is 9.34. The minimum atomic E-state index is -0.735. The fourth-order valence-corrected chi connectivity index (χ4v) is 5.86. The number of nitrogens with one attached hydrogen (secondary N) is 4. The van der Waals surface area contributed by atoms with Crippen molar-refractivity contribution in [2.75, 3.05) is 20.1 Å². The van der Waals surface area contributed by atoms with Crippen LogP contribution >= 0.6 is 33.9 Å². The zero-order chi connectivity index (χ0) is 28.1. The van der Waals surface area contributed by atoms with Gasteiger partial charge in [0.15, 0.2) is 5.96 Å². The monoisotopic (exact) mass is 666 g/mol. The molecule has 0 unspecified atom stereocenters. The fourth-order valence-electron chi connectivity index (χ4n) is 4.46. The number of carbonyl (C=O) groups is 3. The Labute approximate surface area is 242 Å². The molecule has 8 N–H and O–H groups in total. The van der Waals surface area contributed by atoms with Crippen molar-refractivity contribution in [1.82, 2.24) is 35.2 Å². The molecule has 1 aliphatic rings. The number of hydrogen-bond acceptors (Lipinski definition) is 8. The lowest BCUT2D eigenvalue weighted by Crippen LogP contribution is -2.45. The van der Waals surface area contributed by atoms with Gasteiger partial charge in [-0.05, 0) is 60.4 Å². The van der Waals surface area contributed by atoms with Crippen LogP contribution in [0.3, 0.4) is 0 Å². The largest absolute Gasteiger partial charge is 0.370 e. The van der Waals surface area contributed by atoms with Gasteiger partial charge < -0.3 is 36.7 Å². The lowest BCUT2D eigenvalue weighted by atomic mass is 10.1. The summed E-state index contributed by atoms with van der Waals surface area (Å²) in [4.78, 5) is 49.4. The van der Waals surface area contributed by atoms with Gasteiger partial charge in [-0.3, -0.25) is 19.8 Å². The Balaban J connectivity index is 1.43. The third-order valence-electron chi connectivity index (χ3n) is 6.37. The maximum Gasteiger partial charge on any atom is 0.274 e. The molecule has 3 aromatic rings. The molecule has 4 rings (SSSR count). The standard InChI is InChI=1S/C24H31IN10O3S/c1-29-20(36)15(4-2-3-7-30-24(27)28)32-21(37)17-12-39-22(33-17)18-8-14(26)10-35(18)23(38)16-11-34-9-13(25)5-6-19(34)31-16/h5-6,9,11-12,14-15,18H,2-4,7-8,10,26H2,1H3,(H,29,36)(H,32,37)(H4,27,28,30)/t14-,15+,18+/m1/s1. The van der Waals surface area contributed by atoms with E-state index < -0.39 is 11.9 Å². The van der Waals surface area contributed by atoms with Gasteiger partial charge in [0.1, 0.15) is 28.1 Å². The first-order valence-corrected chi connectivity index (χ1v) is 14.4. The highest BCUT2D eigenvalue weighted by molar-refractivity contribution is 14.1. The number of hydrogen-bond donors (Lipinski definition) is 6. The van der Waals surface area contributed by atoms with Gasteiger partial charge in [-0.2, -0.15) is 0 Å². The van der Waals surface area contributed by atoms with Crippen LogP contribution < -0.4 is 27.4 Å². The number of nitrogens with zero attached hydrogens (tertiary/aromatic N) is 4. The number of carbonyl (C=O) groups excluding carboxylic acids is 3. The second-order valence-electron chi connectivity index (χ2n) is 9.26. The highest BCUT2D eigenvalue weighted by Crippen LogP contribution is 2.34. The van der Waals surface area contributed by atoms with Gasteiger partial charge in [0.05, 0.1) is 6.04 Å². The first-order chi connectivity index (χ1) is 18.7. The Morgan fingerprint density at radius 3 is 2.77 bits per heavy atom. The van der Waals surface area contributed by atoms with Crippen molar-refractivity contribution in [2.45, 2.75) is 43.8 Å². The lowest BCUT2D eigenvalue weighted by Gasteiger charge is -2.22. The molecule has 0 aliphatic carbocycles. The molecule has 208 valence electrons. The topological polar surface area (TPSA) is 197 Å². The molecule has 0 saturated carbocycles. The zero-order valence-electron chi connectivity index (χ0n) is 21.3. The fraction of sp³-hybridized carbons (Fsp3) is 0.417. The van der Waals surface area contributed by atoms with E-state index in [2.05, 4.69) is 48.5 Å². The Bertz CT molecular complexity index is 1380. The molecule has 0 aromatic carbocycles. The molecular formula is C24H31IN10O3S. The number of amides is 3. The van der Waals surface area contributed by atoms with Crippen LogP contribution in [-0.4, -0.2) is 75.2 Å². The van der Waals surface area contributed by atoms with Crippen LogP contribution in [0.1, 0.15) is 57.7 Å². The van der Waals surface area contributed by atoms with Gasteiger partial charge in [0.2, 0.25) is 5.91 Å². The first-order valence-electron chi connectivity index (χ1n) is 12.4. The number of nitrogens with two attached hydrogens (primary N) is 2. The molecule has 0 spiro atoms. The molecule has 1 aliphatic heterocycles. The molecule has 0 radical (unpaired) electrons. The average Bonchev–Trinajstić information content (AvgIpc) is 3.64. The number of aromatic nitrogens is 3. The minimum Gasteiger partial charge on any atom is -0.370 e. The van der Waals surface area contributed by atoms with Crippen molar-refractivity contribution in [3.05, 3.63) is 49.9 Å². The van der Waals surface area contributed by atoms with E-state index in [9.17, 15) is 14.4 Å². The van der Waals surface area contributed by atoms with Crippen LogP contribution in [0.2, 0.25) is 0 Å². The van der Waals surface area contributed by atoms with Gasteiger partial charge in [-0.15, -0.1) is 11.3 Å². The summed E-state index contributed by atoms with van der Waals surface area (Å²) in [6.07, 6.45) is 5.85. The van der Waals surface area contributed by atoms with E-state index in [1.54, 1.807) is 16.5 Å². The van der Waals surface area contributed by atoms with Gasteiger partial charge in [-0.1, -0.05) is 0 Å². The zero-order valence-corrected chi connectivity index (χ0v) is 24.3. The Morgan fingerprint density at radius 1 is 1.23 bits per heavy atom. The summed E-state index contributed by atoms with van der Waals surface area (Å²) in [7, 11) is 1.51. The molecular weight excluding hydrogens is 635 g/mol. The molecule has 15 heteroatoms. The lowest BCUT2D eigenvalue weighted by molar-refractivity contribution is -0.122. The van der Waals surface area contributed by atoms with Crippen molar-refractivity contribution in [3.8, 4) is 0 Å². The number of likely N-dealkylation sites (N-methyl/N-ethyl adjacent to an activating group) is 1. The summed E-state index contributed by atoms with van der Waals surface area (Å²) in [5, 5.41) is 17.5. The normalized spacial score (nSPS) is 17.7. The van der Waals surface area contributed by atoms with Crippen molar-refractivity contribution < 1.29 is 14.4 Å². The molecule has 4 heterocycles. The molecule has 3 amide bonds. The molecule has 3 atom stereocenters. The maximum atomic E-state index is 13.4. The van der Waals surface area contributed by atoms with Crippen LogP contribution in [0.4, 0.5) is 0 Å². The molecule has 0 bridgehead atoms. The van der Waals surface area contributed by atoms with Crippen molar-refractivity contribution in [2.24, 2.45) is 11.5 Å². The van der Waals surface area contributed by atoms with Crippen LogP contribution in [-0.2, 0) is 4.79 Å². The van der Waals surface area contributed by atoms with Crippen molar-refractivity contribution in [3.63, 3.8) is 0 Å². The summed E-state index contributed by atoms with van der Waals surface area (Å²) in [6.45, 7) is 0.861. The summed E-state index contributed by atoms with van der Waals surface area (Å²) in [5.74, 6) is -1.13. The van der Waals surface area contributed by atoms with Gasteiger partial charge in [-0.25, -0.2) is 9.97 Å². The smallest absolute Gasteiger partial charge is 0.274 e. The van der Waals surface area contributed by atoms with Crippen LogP contribution in [0.15, 0.2) is 29.9 Å². The van der Waals surface area contributed by atoms with Crippen LogP contribution in [0.5, 0.6) is 0 Å². The summed E-state index contributed by atoms with van der Waals surface area (Å²) in [6, 6.07) is 2.43. The second kappa shape index (κ2) is 12.7. The minimum absolute atomic E-state index is 0.109. The summed E-state index contributed by atoms with van der Waals surface area (Å²) < 4.78 is 2.84. The van der Waals surface area contributed by atoms with E-state index in [0.29, 0.717) is 55.1 Å². The molecule has 1 fully saturated rings. The molecule has 3 aromatic heterocycles. The number of pyridine rings is 1. The number of guanidine groups is 1. The van der Waals surface area contributed by atoms with Gasteiger partial charge in [0, 0.05) is 47.5 Å². The van der Waals surface area contributed by atoms with Crippen molar-refractivity contribution >= 4 is 63.3 Å². The Hall–Kier alpha value is -3.31. The molecule has 39 heavy (non-hydrogen) atoms. The van der Waals surface area contributed by atoms with Crippen molar-refractivity contribution in [1.29, 1.82) is 5.41 Å². The third-order valence-corrected chi connectivity index (χ3v) is 7.96. The highest BCUT2D eigenvalue weighted by atomic mass is 127. The van der Waals surface area contributed by atoms with Gasteiger partial charge >= 0.3 is 0 Å². The van der Waals surface area contributed by atoms with E-state index in [1.165, 1.54) is 18.4 Å². The SMILES string of the molecule is CNC(=O)[C@H](CCCCNC(=N)N)NC(=O)c1csc([C@@H]2C[C@@H](N)CN2C(=O)c2cn3cc(I)ccc3n2)n1. The highest BCUT2D eigenvalue weighted by Gasteiger charge is 2.38. The quantitative estimate of drug-likeness (QED) is 0.0791. The van der Waals surface area contributed by atoms with E-state index in [4.69, 9.17) is 16.9 Å². The van der Waals surface area contributed by atoms with Gasteiger partial charge in [0.25, 0.3) is 11.8 Å². The number of fused-ring (bicyclic) bond motifs is 1. The molecule has 1 saturated heterocycles. The number of imidazole rings is 1. The average molecular weight is 667 g/mol. The second-order valence-corrected chi connectivity index (χ2v) is 11.4. The predicted molar refractivity (Wildman–Crippen MR) is 155 cm³/mol. The summed E-state index contributed by atoms with van der Waals surface area (Å²) in [5.41, 5.74) is 12.7.